The highest BCUT2D eigenvalue weighted by atomic mass is 32.1. The molecular formula is C21H22N2O3S. The number of carbonyl (C=O) groups excluding carboxylic acids is 1. The molecule has 6 heteroatoms. The summed E-state index contributed by atoms with van der Waals surface area (Å²) >= 11 is 1.60. The van der Waals surface area contributed by atoms with Crippen LogP contribution >= 0.6 is 11.3 Å². The summed E-state index contributed by atoms with van der Waals surface area (Å²) in [4.78, 5) is 16.9. The molecule has 1 heterocycles. The molecule has 2 aromatic carbocycles. The number of rotatable bonds is 7. The minimum Gasteiger partial charge on any atom is -0.493 e. The average Bonchev–Trinajstić information content (AvgIpc) is 3.15. The number of hydrogen-bond acceptors (Lipinski definition) is 5. The number of hydrogen-bond donors (Lipinski definition) is 1. The minimum atomic E-state index is -0.0627. The first kappa shape index (κ1) is 18.9. The molecule has 0 fully saturated rings. The molecule has 0 saturated carbocycles. The van der Waals surface area contributed by atoms with E-state index in [4.69, 9.17) is 9.47 Å². The Bertz CT molecular complexity index is 937. The van der Waals surface area contributed by atoms with Crippen LogP contribution in [-0.2, 0) is 11.2 Å². The van der Waals surface area contributed by atoms with Crippen molar-refractivity contribution < 1.29 is 14.3 Å². The maximum atomic E-state index is 12.3. The number of thiazole rings is 1. The van der Waals surface area contributed by atoms with Gasteiger partial charge in [0.15, 0.2) is 11.5 Å². The number of amides is 1. The summed E-state index contributed by atoms with van der Waals surface area (Å²) in [6.45, 7) is 2.07. The normalized spacial score (nSPS) is 10.5. The Morgan fingerprint density at radius 1 is 1.11 bits per heavy atom. The Kier molecular flexibility index (Phi) is 6.08. The molecule has 0 bridgehead atoms. The van der Waals surface area contributed by atoms with Crippen LogP contribution in [0, 0.1) is 6.92 Å². The lowest BCUT2D eigenvalue weighted by molar-refractivity contribution is -0.116. The van der Waals surface area contributed by atoms with E-state index in [1.807, 2.05) is 11.4 Å². The third-order valence-corrected chi connectivity index (χ3v) is 5.03. The number of aromatic nitrogens is 1. The van der Waals surface area contributed by atoms with Crippen LogP contribution in [0.2, 0.25) is 0 Å². The van der Waals surface area contributed by atoms with Crippen molar-refractivity contribution in [2.75, 3.05) is 19.5 Å². The number of aryl methyl sites for hydroxylation is 2. The molecule has 0 atom stereocenters. The van der Waals surface area contributed by atoms with Gasteiger partial charge in [-0.15, -0.1) is 11.3 Å². The molecule has 1 N–H and O–H groups in total. The Morgan fingerprint density at radius 3 is 2.67 bits per heavy atom. The highest BCUT2D eigenvalue weighted by Gasteiger charge is 2.10. The first-order valence-electron chi connectivity index (χ1n) is 8.62. The summed E-state index contributed by atoms with van der Waals surface area (Å²) in [6, 6.07) is 13.6. The summed E-state index contributed by atoms with van der Waals surface area (Å²) in [5, 5.41) is 5.88. The summed E-state index contributed by atoms with van der Waals surface area (Å²) in [6.07, 6.45) is 0.965. The molecular weight excluding hydrogens is 360 g/mol. The molecule has 27 heavy (non-hydrogen) atoms. The van der Waals surface area contributed by atoms with Crippen molar-refractivity contribution in [2.45, 2.75) is 19.8 Å². The zero-order valence-electron chi connectivity index (χ0n) is 15.6. The number of nitrogens with one attached hydrogen (secondary N) is 1. The van der Waals surface area contributed by atoms with Crippen molar-refractivity contribution in [1.29, 1.82) is 0 Å². The molecule has 1 amide bonds. The summed E-state index contributed by atoms with van der Waals surface area (Å²) in [5.41, 5.74) is 3.93. The minimum absolute atomic E-state index is 0.0627. The van der Waals surface area contributed by atoms with E-state index in [2.05, 4.69) is 35.4 Å². The summed E-state index contributed by atoms with van der Waals surface area (Å²) < 4.78 is 10.5. The lowest BCUT2D eigenvalue weighted by atomic mass is 10.1. The van der Waals surface area contributed by atoms with E-state index in [-0.39, 0.29) is 5.91 Å². The topological polar surface area (TPSA) is 60.5 Å². The highest BCUT2D eigenvalue weighted by Crippen LogP contribution is 2.30. The van der Waals surface area contributed by atoms with Crippen molar-refractivity contribution in [3.8, 4) is 22.1 Å². The fourth-order valence-corrected chi connectivity index (χ4v) is 3.56. The van der Waals surface area contributed by atoms with Gasteiger partial charge in [0.2, 0.25) is 5.91 Å². The van der Waals surface area contributed by atoms with Crippen molar-refractivity contribution >= 4 is 22.9 Å². The van der Waals surface area contributed by atoms with Gasteiger partial charge in [0.05, 0.1) is 19.9 Å². The lowest BCUT2D eigenvalue weighted by Crippen LogP contribution is -2.12. The maximum Gasteiger partial charge on any atom is 0.224 e. The molecule has 0 aliphatic heterocycles. The van der Waals surface area contributed by atoms with Crippen molar-refractivity contribution in [3.63, 3.8) is 0 Å². The zero-order valence-corrected chi connectivity index (χ0v) is 16.4. The van der Waals surface area contributed by atoms with Gasteiger partial charge in [0.1, 0.15) is 5.01 Å². The van der Waals surface area contributed by atoms with Crippen LogP contribution in [0.25, 0.3) is 10.6 Å². The molecule has 0 saturated heterocycles. The zero-order chi connectivity index (χ0) is 19.2. The van der Waals surface area contributed by atoms with Gasteiger partial charge in [-0.25, -0.2) is 4.98 Å². The average molecular weight is 382 g/mol. The Hall–Kier alpha value is -2.86. The largest absolute Gasteiger partial charge is 0.493 e. The molecule has 0 aliphatic rings. The van der Waals surface area contributed by atoms with E-state index in [0.29, 0.717) is 30.0 Å². The fourth-order valence-electron chi connectivity index (χ4n) is 2.71. The van der Waals surface area contributed by atoms with Gasteiger partial charge in [-0.1, -0.05) is 23.8 Å². The molecule has 0 spiro atoms. The summed E-state index contributed by atoms with van der Waals surface area (Å²) in [7, 11) is 3.15. The van der Waals surface area contributed by atoms with Crippen LogP contribution < -0.4 is 14.8 Å². The van der Waals surface area contributed by atoms with Gasteiger partial charge in [-0.05, 0) is 31.5 Å². The summed E-state index contributed by atoms with van der Waals surface area (Å²) in [5.74, 6) is 1.14. The van der Waals surface area contributed by atoms with Gasteiger partial charge < -0.3 is 14.8 Å². The van der Waals surface area contributed by atoms with Crippen LogP contribution in [-0.4, -0.2) is 25.1 Å². The van der Waals surface area contributed by atoms with Crippen LogP contribution in [0.4, 0.5) is 5.69 Å². The Balaban J connectivity index is 1.58. The molecule has 1 aromatic heterocycles. The second kappa shape index (κ2) is 8.68. The second-order valence-electron chi connectivity index (χ2n) is 6.13. The quantitative estimate of drug-likeness (QED) is 0.643. The van der Waals surface area contributed by atoms with Crippen LogP contribution in [0.5, 0.6) is 11.5 Å². The fraction of sp³-hybridized carbons (Fsp3) is 0.238. The lowest BCUT2D eigenvalue weighted by Gasteiger charge is -2.10. The van der Waals surface area contributed by atoms with Crippen molar-refractivity contribution in [1.82, 2.24) is 4.98 Å². The molecule has 3 rings (SSSR count). The monoisotopic (exact) mass is 382 g/mol. The molecule has 0 radical (unpaired) electrons. The van der Waals surface area contributed by atoms with E-state index in [9.17, 15) is 4.79 Å². The third kappa shape index (κ3) is 4.86. The SMILES string of the molecule is COc1ccc(NC(=O)CCc2csc(-c3cccc(C)c3)n2)cc1OC. The van der Waals surface area contributed by atoms with Gasteiger partial charge in [0.25, 0.3) is 0 Å². The number of ether oxygens (including phenoxy) is 2. The molecule has 0 aliphatic carbocycles. The predicted molar refractivity (Wildman–Crippen MR) is 109 cm³/mol. The van der Waals surface area contributed by atoms with E-state index < -0.39 is 0 Å². The molecule has 3 aromatic rings. The molecule has 140 valence electrons. The predicted octanol–water partition coefficient (Wildman–Crippen LogP) is 4.71. The Labute approximate surface area is 163 Å². The van der Waals surface area contributed by atoms with Crippen LogP contribution in [0.1, 0.15) is 17.7 Å². The van der Waals surface area contributed by atoms with E-state index in [1.165, 1.54) is 5.56 Å². The van der Waals surface area contributed by atoms with Gasteiger partial charge >= 0.3 is 0 Å². The maximum absolute atomic E-state index is 12.3. The van der Waals surface area contributed by atoms with Gasteiger partial charge in [-0.2, -0.15) is 0 Å². The number of methoxy groups -OCH3 is 2. The van der Waals surface area contributed by atoms with E-state index >= 15 is 0 Å². The van der Waals surface area contributed by atoms with Crippen molar-refractivity contribution in [2.24, 2.45) is 0 Å². The molecule has 5 nitrogen and oxygen atoms in total. The first-order chi connectivity index (χ1) is 13.1. The van der Waals surface area contributed by atoms with E-state index in [1.54, 1.807) is 43.8 Å². The number of nitrogens with zero attached hydrogens (tertiary/aromatic N) is 1. The highest BCUT2D eigenvalue weighted by molar-refractivity contribution is 7.13. The van der Waals surface area contributed by atoms with Gasteiger partial charge in [-0.3, -0.25) is 4.79 Å². The van der Waals surface area contributed by atoms with E-state index in [0.717, 1.165) is 16.3 Å². The standard InChI is InChI=1S/C21H22N2O3S/c1-14-5-4-6-15(11-14)21-23-17(13-27-21)8-10-20(24)22-16-7-9-18(25-2)19(12-16)26-3/h4-7,9,11-13H,8,10H2,1-3H3,(H,22,24). The third-order valence-electron chi connectivity index (χ3n) is 4.09. The number of carbonyl (C=O) groups is 1. The number of anilines is 1. The first-order valence-corrected chi connectivity index (χ1v) is 9.50. The Morgan fingerprint density at radius 2 is 1.93 bits per heavy atom. The smallest absolute Gasteiger partial charge is 0.224 e. The van der Waals surface area contributed by atoms with Crippen molar-refractivity contribution in [3.05, 3.63) is 59.1 Å². The molecule has 0 unspecified atom stereocenters. The van der Waals surface area contributed by atoms with Crippen LogP contribution in [0.15, 0.2) is 47.8 Å². The van der Waals surface area contributed by atoms with Crippen LogP contribution in [0.3, 0.4) is 0 Å². The van der Waals surface area contributed by atoms with Gasteiger partial charge in [0, 0.05) is 29.1 Å². The second-order valence-corrected chi connectivity index (χ2v) is 6.99. The number of benzene rings is 2.